The van der Waals surface area contributed by atoms with Crippen LogP contribution in [0.5, 0.6) is 0 Å². The third kappa shape index (κ3) is 4.34. The number of para-hydroxylation sites is 1. The van der Waals surface area contributed by atoms with Gasteiger partial charge < -0.3 is 15.1 Å². The molecule has 10 heteroatoms. The largest absolute Gasteiger partial charge is 0.371 e. The molecule has 1 atom stereocenters. The molecule has 0 bridgehead atoms. The number of aliphatic imine (C=N–C) groups is 1. The van der Waals surface area contributed by atoms with Crippen LogP contribution in [-0.2, 0) is 4.79 Å². The number of carbonyl (C=O) groups excluding carboxylic acids is 2. The Balaban J connectivity index is 0.00000162. The van der Waals surface area contributed by atoms with Crippen molar-refractivity contribution in [3.05, 3.63) is 89.5 Å². The van der Waals surface area contributed by atoms with E-state index in [2.05, 4.69) is 20.2 Å². The van der Waals surface area contributed by atoms with Crippen LogP contribution in [-0.4, -0.2) is 48.8 Å². The van der Waals surface area contributed by atoms with Gasteiger partial charge in [0.05, 0.1) is 22.6 Å². The highest BCUT2D eigenvalue weighted by Crippen LogP contribution is 2.39. The lowest BCUT2D eigenvalue weighted by atomic mass is 9.97. The van der Waals surface area contributed by atoms with Gasteiger partial charge in [0.1, 0.15) is 5.82 Å². The van der Waals surface area contributed by atoms with Gasteiger partial charge in [-0.2, -0.15) is 0 Å². The van der Waals surface area contributed by atoms with Crippen molar-refractivity contribution in [2.75, 3.05) is 29.9 Å². The van der Waals surface area contributed by atoms with E-state index < -0.39 is 17.9 Å². The monoisotopic (exact) mass is 501 g/mol. The molecule has 0 saturated carbocycles. The Morgan fingerprint density at radius 2 is 1.79 bits per heavy atom. The molecule has 2 amide bonds. The number of aromatic nitrogens is 1. The van der Waals surface area contributed by atoms with E-state index in [1.807, 2.05) is 25.2 Å². The first kappa shape index (κ1) is 25.1. The van der Waals surface area contributed by atoms with Crippen molar-refractivity contribution in [2.24, 2.45) is 4.99 Å². The van der Waals surface area contributed by atoms with E-state index in [1.54, 1.807) is 41.4 Å². The summed E-state index contributed by atoms with van der Waals surface area (Å²) in [5, 5.41) is 2.70. The van der Waals surface area contributed by atoms with Crippen molar-refractivity contribution in [1.82, 2.24) is 10.3 Å². The molecule has 2 aliphatic heterocycles. The Labute approximate surface area is 208 Å². The molecule has 34 heavy (non-hydrogen) atoms. The van der Waals surface area contributed by atoms with Gasteiger partial charge in [-0.1, -0.05) is 24.3 Å². The highest BCUT2D eigenvalue weighted by Gasteiger charge is 2.37. The fourth-order valence-electron chi connectivity index (χ4n) is 4.08. The topological polar surface area (TPSA) is 77.9 Å². The van der Waals surface area contributed by atoms with Crippen LogP contribution in [0.15, 0.2) is 72.0 Å². The number of carbonyl (C=O) groups is 2. The molecule has 0 fully saturated rings. The molecule has 176 valence electrons. The molecular weight excluding hydrogens is 480 g/mol. The SMILES string of the molecule is CN1CCN2C(=O)C(NC(=O)c3cccnc3)N=C(c3ccccc3F)c3cccc1c32.Cl.Cl. The molecule has 0 radical (unpaired) electrons. The number of benzene rings is 2. The second-order valence-corrected chi connectivity index (χ2v) is 7.66. The molecule has 1 aromatic heterocycles. The molecule has 0 saturated heterocycles. The lowest BCUT2D eigenvalue weighted by Gasteiger charge is -2.36. The van der Waals surface area contributed by atoms with Crippen LogP contribution in [0.2, 0.25) is 0 Å². The van der Waals surface area contributed by atoms with Gasteiger partial charge in [0, 0.05) is 43.7 Å². The lowest BCUT2D eigenvalue weighted by Crippen LogP contribution is -2.51. The van der Waals surface area contributed by atoms with Crippen molar-refractivity contribution in [3.8, 4) is 0 Å². The van der Waals surface area contributed by atoms with E-state index in [9.17, 15) is 14.0 Å². The Hall–Kier alpha value is -3.49. The summed E-state index contributed by atoms with van der Waals surface area (Å²) in [6.07, 6.45) is 1.77. The van der Waals surface area contributed by atoms with Crippen molar-refractivity contribution in [1.29, 1.82) is 0 Å². The van der Waals surface area contributed by atoms with E-state index >= 15 is 0 Å². The van der Waals surface area contributed by atoms with Crippen LogP contribution >= 0.6 is 24.8 Å². The molecule has 2 aromatic carbocycles. The molecular formula is C24H22Cl2FN5O2. The molecule has 2 aliphatic rings. The minimum Gasteiger partial charge on any atom is -0.371 e. The predicted octanol–water partition coefficient (Wildman–Crippen LogP) is 3.45. The van der Waals surface area contributed by atoms with Gasteiger partial charge in [-0.15, -0.1) is 24.8 Å². The van der Waals surface area contributed by atoms with E-state index in [0.717, 1.165) is 5.69 Å². The number of pyridine rings is 1. The molecule has 0 spiro atoms. The molecule has 1 N–H and O–H groups in total. The first-order valence-electron chi connectivity index (χ1n) is 10.2. The number of halogens is 3. The standard InChI is InChI=1S/C24H20FN5O2.2ClH/c1-29-12-13-30-21-17(8-4-10-19(21)29)20(16-7-2-3-9-18(16)25)27-22(24(30)32)28-23(31)15-6-5-11-26-14-15;;/h2-11,14,22H,12-13H2,1H3,(H,28,31);2*1H. The first-order valence-corrected chi connectivity index (χ1v) is 10.2. The highest BCUT2D eigenvalue weighted by molar-refractivity contribution is 6.22. The van der Waals surface area contributed by atoms with Gasteiger partial charge in [0.15, 0.2) is 0 Å². The van der Waals surface area contributed by atoms with Crippen LogP contribution < -0.4 is 15.1 Å². The summed E-state index contributed by atoms with van der Waals surface area (Å²) in [6.45, 7) is 1.05. The van der Waals surface area contributed by atoms with Crippen LogP contribution in [0.4, 0.5) is 15.8 Å². The van der Waals surface area contributed by atoms with Crippen molar-refractivity contribution >= 4 is 53.7 Å². The average Bonchev–Trinajstić information content (AvgIpc) is 2.93. The quantitative estimate of drug-likeness (QED) is 0.596. The minimum atomic E-state index is -1.21. The third-order valence-electron chi connectivity index (χ3n) is 5.69. The second kappa shape index (κ2) is 10.2. The summed E-state index contributed by atoms with van der Waals surface area (Å²) in [4.78, 5) is 38.6. The average molecular weight is 502 g/mol. The Morgan fingerprint density at radius 1 is 1.03 bits per heavy atom. The normalized spacial score (nSPS) is 16.4. The Morgan fingerprint density at radius 3 is 2.53 bits per heavy atom. The zero-order chi connectivity index (χ0) is 22.2. The van der Waals surface area contributed by atoms with Crippen molar-refractivity contribution in [2.45, 2.75) is 6.17 Å². The number of likely N-dealkylation sites (N-methyl/N-ethyl adjacent to an activating group) is 1. The number of amides is 2. The summed E-state index contributed by atoms with van der Waals surface area (Å²) in [5.74, 6) is -1.30. The maximum Gasteiger partial charge on any atom is 0.272 e. The number of nitrogens with zero attached hydrogens (tertiary/aromatic N) is 4. The summed E-state index contributed by atoms with van der Waals surface area (Å²) in [6, 6.07) is 15.2. The fourth-order valence-corrected chi connectivity index (χ4v) is 4.08. The zero-order valence-electron chi connectivity index (χ0n) is 18.1. The summed E-state index contributed by atoms with van der Waals surface area (Å²) >= 11 is 0. The van der Waals surface area contributed by atoms with Gasteiger partial charge in [0.25, 0.3) is 11.8 Å². The Bertz CT molecular complexity index is 1260. The van der Waals surface area contributed by atoms with Crippen LogP contribution in [0.25, 0.3) is 0 Å². The van der Waals surface area contributed by atoms with Gasteiger partial charge in [-0.25, -0.2) is 9.38 Å². The number of rotatable bonds is 3. The molecule has 1 unspecified atom stereocenters. The number of hydrogen-bond acceptors (Lipinski definition) is 5. The van der Waals surface area contributed by atoms with E-state index in [1.165, 1.54) is 12.3 Å². The Kier molecular flexibility index (Phi) is 7.54. The minimum absolute atomic E-state index is 0. The summed E-state index contributed by atoms with van der Waals surface area (Å²) in [7, 11) is 1.95. The predicted molar refractivity (Wildman–Crippen MR) is 134 cm³/mol. The van der Waals surface area contributed by atoms with Crippen LogP contribution in [0, 0.1) is 5.82 Å². The van der Waals surface area contributed by atoms with E-state index in [0.29, 0.717) is 35.6 Å². The van der Waals surface area contributed by atoms with Crippen LogP contribution in [0.1, 0.15) is 21.5 Å². The van der Waals surface area contributed by atoms with Gasteiger partial charge in [-0.05, 0) is 30.3 Å². The fraction of sp³-hybridized carbons (Fsp3) is 0.167. The number of nitrogens with one attached hydrogen (secondary N) is 1. The lowest BCUT2D eigenvalue weighted by molar-refractivity contribution is -0.120. The molecule has 3 heterocycles. The van der Waals surface area contributed by atoms with Crippen molar-refractivity contribution < 1.29 is 14.0 Å². The highest BCUT2D eigenvalue weighted by atomic mass is 35.5. The number of hydrogen-bond donors (Lipinski definition) is 1. The first-order chi connectivity index (χ1) is 15.5. The maximum absolute atomic E-state index is 14.8. The van der Waals surface area contributed by atoms with Gasteiger partial charge in [0.2, 0.25) is 6.17 Å². The summed E-state index contributed by atoms with van der Waals surface area (Å²) < 4.78 is 14.8. The van der Waals surface area contributed by atoms with Gasteiger partial charge >= 0.3 is 0 Å². The molecule has 7 nitrogen and oxygen atoms in total. The number of anilines is 2. The van der Waals surface area contributed by atoms with E-state index in [-0.39, 0.29) is 36.3 Å². The smallest absolute Gasteiger partial charge is 0.272 e. The van der Waals surface area contributed by atoms with Crippen molar-refractivity contribution in [3.63, 3.8) is 0 Å². The molecule has 5 rings (SSSR count). The molecule has 0 aliphatic carbocycles. The molecule has 3 aromatic rings. The van der Waals surface area contributed by atoms with Gasteiger partial charge in [-0.3, -0.25) is 14.6 Å². The third-order valence-corrected chi connectivity index (χ3v) is 5.69. The second-order valence-electron chi connectivity index (χ2n) is 7.66. The summed E-state index contributed by atoms with van der Waals surface area (Å²) in [5.41, 5.74) is 3.07. The van der Waals surface area contributed by atoms with E-state index in [4.69, 9.17) is 0 Å². The maximum atomic E-state index is 14.8. The zero-order valence-corrected chi connectivity index (χ0v) is 19.8. The van der Waals surface area contributed by atoms with Crippen LogP contribution in [0.3, 0.4) is 0 Å².